The molecule has 2 amide bonds. The summed E-state index contributed by atoms with van der Waals surface area (Å²) in [6, 6.07) is 11.4. The Morgan fingerprint density at radius 2 is 1.93 bits per heavy atom. The van der Waals surface area contributed by atoms with Gasteiger partial charge >= 0.3 is 6.61 Å². The van der Waals surface area contributed by atoms with Crippen LogP contribution in [0.4, 0.5) is 8.78 Å². The summed E-state index contributed by atoms with van der Waals surface area (Å²) >= 11 is 1.48. The fourth-order valence-corrected chi connectivity index (χ4v) is 3.40. The molecule has 2 N–H and O–H groups in total. The van der Waals surface area contributed by atoms with Crippen LogP contribution in [0.2, 0.25) is 0 Å². The second-order valence-electron chi connectivity index (χ2n) is 5.78. The lowest BCUT2D eigenvalue weighted by Crippen LogP contribution is -2.36. The fourth-order valence-electron chi connectivity index (χ4n) is 2.50. The summed E-state index contributed by atoms with van der Waals surface area (Å²) in [5, 5.41) is 5.90. The maximum absolute atomic E-state index is 12.4. The molecule has 29 heavy (non-hydrogen) atoms. The lowest BCUT2D eigenvalue weighted by Gasteiger charge is -2.11. The number of alkyl halides is 2. The maximum atomic E-state index is 12.4. The molecule has 1 aromatic heterocycles. The maximum Gasteiger partial charge on any atom is 0.387 e. The summed E-state index contributed by atoms with van der Waals surface area (Å²) in [4.78, 5) is 28.6. The molecular formula is C19H17F2N3O4S. The van der Waals surface area contributed by atoms with E-state index in [1.54, 1.807) is 0 Å². The van der Waals surface area contributed by atoms with Gasteiger partial charge in [0.15, 0.2) is 11.5 Å². The number of aromatic nitrogens is 1. The van der Waals surface area contributed by atoms with Gasteiger partial charge in [-0.05, 0) is 30.3 Å². The summed E-state index contributed by atoms with van der Waals surface area (Å²) in [7, 11) is 1.27. The average Bonchev–Trinajstić information content (AvgIpc) is 3.13. The molecule has 7 nitrogen and oxygen atoms in total. The normalized spacial score (nSPS) is 10.8. The van der Waals surface area contributed by atoms with Crippen LogP contribution in [0.15, 0.2) is 42.5 Å². The minimum absolute atomic E-state index is 0.0155. The Bertz CT molecular complexity index is 993. The molecule has 0 fully saturated rings. The lowest BCUT2D eigenvalue weighted by atomic mass is 10.2. The molecule has 10 heteroatoms. The van der Waals surface area contributed by atoms with E-state index in [0.717, 1.165) is 15.2 Å². The van der Waals surface area contributed by atoms with Gasteiger partial charge in [-0.2, -0.15) is 8.78 Å². The van der Waals surface area contributed by atoms with E-state index < -0.39 is 12.5 Å². The summed E-state index contributed by atoms with van der Waals surface area (Å²) in [5.41, 5.74) is 1.01. The molecular weight excluding hydrogens is 404 g/mol. The van der Waals surface area contributed by atoms with Gasteiger partial charge in [0.1, 0.15) is 5.01 Å². The highest BCUT2D eigenvalue weighted by Crippen LogP contribution is 2.29. The third kappa shape index (κ3) is 5.38. The van der Waals surface area contributed by atoms with Crippen LogP contribution < -0.4 is 20.1 Å². The molecule has 0 aliphatic rings. The van der Waals surface area contributed by atoms with Gasteiger partial charge in [-0.15, -0.1) is 11.3 Å². The highest BCUT2D eigenvalue weighted by Gasteiger charge is 2.15. The van der Waals surface area contributed by atoms with Crippen molar-refractivity contribution in [2.75, 3.05) is 13.7 Å². The van der Waals surface area contributed by atoms with Gasteiger partial charge in [-0.3, -0.25) is 9.59 Å². The number of rotatable bonds is 8. The molecule has 0 saturated heterocycles. The number of ether oxygens (including phenoxy) is 2. The third-order valence-corrected chi connectivity index (χ3v) is 4.86. The summed E-state index contributed by atoms with van der Waals surface area (Å²) in [6.45, 7) is -3.01. The highest BCUT2D eigenvalue weighted by atomic mass is 32.1. The quantitative estimate of drug-likeness (QED) is 0.584. The van der Waals surface area contributed by atoms with Crippen molar-refractivity contribution in [3.05, 3.63) is 53.0 Å². The van der Waals surface area contributed by atoms with Crippen molar-refractivity contribution in [3.8, 4) is 11.5 Å². The van der Waals surface area contributed by atoms with E-state index in [1.165, 1.54) is 36.6 Å². The first-order chi connectivity index (χ1) is 14.0. The number of fused-ring (bicyclic) bond motifs is 1. The van der Waals surface area contributed by atoms with E-state index in [0.29, 0.717) is 0 Å². The van der Waals surface area contributed by atoms with Gasteiger partial charge in [0.2, 0.25) is 5.91 Å². The van der Waals surface area contributed by atoms with E-state index in [4.69, 9.17) is 4.74 Å². The Labute approximate surface area is 168 Å². The van der Waals surface area contributed by atoms with Gasteiger partial charge in [-0.25, -0.2) is 4.98 Å². The van der Waals surface area contributed by atoms with Crippen LogP contribution in [0.25, 0.3) is 10.2 Å². The molecule has 0 bridgehead atoms. The highest BCUT2D eigenvalue weighted by molar-refractivity contribution is 7.18. The van der Waals surface area contributed by atoms with E-state index in [1.807, 2.05) is 24.3 Å². The third-order valence-electron chi connectivity index (χ3n) is 3.83. The predicted octanol–water partition coefficient (Wildman–Crippen LogP) is 2.95. The van der Waals surface area contributed by atoms with E-state index in [2.05, 4.69) is 20.4 Å². The summed E-state index contributed by atoms with van der Waals surface area (Å²) in [5.74, 6) is -1.14. The summed E-state index contributed by atoms with van der Waals surface area (Å²) < 4.78 is 35.0. The zero-order chi connectivity index (χ0) is 20.8. The molecule has 152 valence electrons. The Morgan fingerprint density at radius 3 is 2.66 bits per heavy atom. The number of halogens is 2. The smallest absolute Gasteiger partial charge is 0.387 e. The van der Waals surface area contributed by atoms with Crippen molar-refractivity contribution >= 4 is 33.4 Å². The van der Waals surface area contributed by atoms with Crippen LogP contribution in [0.3, 0.4) is 0 Å². The second-order valence-corrected chi connectivity index (χ2v) is 6.89. The van der Waals surface area contributed by atoms with E-state index >= 15 is 0 Å². The number of benzene rings is 2. The molecule has 0 radical (unpaired) electrons. The van der Waals surface area contributed by atoms with Crippen LogP contribution in [0.1, 0.15) is 15.4 Å². The number of carbonyl (C=O) groups excluding carboxylic acids is 2. The molecule has 0 aliphatic heterocycles. The van der Waals surface area contributed by atoms with E-state index in [9.17, 15) is 18.4 Å². The molecule has 0 spiro atoms. The Balaban J connectivity index is 1.52. The first-order valence-electron chi connectivity index (χ1n) is 8.48. The van der Waals surface area contributed by atoms with Crippen LogP contribution in [0.5, 0.6) is 11.5 Å². The number of methoxy groups -OCH3 is 1. The zero-order valence-electron chi connectivity index (χ0n) is 15.3. The topological polar surface area (TPSA) is 89.5 Å². The number of amides is 2. The predicted molar refractivity (Wildman–Crippen MR) is 103 cm³/mol. The molecule has 1 heterocycles. The molecule has 3 aromatic rings. The number of carbonyl (C=O) groups is 2. The number of hydrogen-bond donors (Lipinski definition) is 2. The second kappa shape index (κ2) is 9.28. The lowest BCUT2D eigenvalue weighted by molar-refractivity contribution is -0.120. The number of hydrogen-bond acceptors (Lipinski definition) is 6. The van der Waals surface area contributed by atoms with Crippen LogP contribution in [-0.4, -0.2) is 37.1 Å². The average molecular weight is 421 g/mol. The standard InChI is InChI=1S/C19H17F2N3O4S/c1-27-14-8-11(6-7-13(14)28-19(20)21)18(26)23-9-16(25)22-10-17-24-12-4-2-3-5-15(12)29-17/h2-8,19H,9-10H2,1H3,(H,22,25)(H,23,26). The minimum Gasteiger partial charge on any atom is -0.493 e. The molecule has 3 rings (SSSR count). The van der Waals surface area contributed by atoms with Gasteiger partial charge in [-0.1, -0.05) is 12.1 Å². The van der Waals surface area contributed by atoms with Crippen molar-refractivity contribution in [1.82, 2.24) is 15.6 Å². The zero-order valence-corrected chi connectivity index (χ0v) is 16.1. The summed E-state index contributed by atoms with van der Waals surface area (Å²) in [6.07, 6.45) is 0. The molecule has 0 aliphatic carbocycles. The van der Waals surface area contributed by atoms with Crippen molar-refractivity contribution in [2.45, 2.75) is 13.2 Å². The molecule has 0 saturated carbocycles. The first-order valence-corrected chi connectivity index (χ1v) is 9.30. The molecule has 2 aromatic carbocycles. The Morgan fingerprint density at radius 1 is 1.14 bits per heavy atom. The van der Waals surface area contributed by atoms with Crippen LogP contribution in [0, 0.1) is 0 Å². The van der Waals surface area contributed by atoms with Gasteiger partial charge in [0, 0.05) is 5.56 Å². The van der Waals surface area contributed by atoms with Crippen molar-refractivity contribution < 1.29 is 27.8 Å². The van der Waals surface area contributed by atoms with Gasteiger partial charge < -0.3 is 20.1 Å². The largest absolute Gasteiger partial charge is 0.493 e. The van der Waals surface area contributed by atoms with Crippen LogP contribution in [-0.2, 0) is 11.3 Å². The first kappa shape index (κ1) is 20.5. The van der Waals surface area contributed by atoms with Crippen LogP contribution >= 0.6 is 11.3 Å². The number of thiazole rings is 1. The Kier molecular flexibility index (Phi) is 6.55. The number of nitrogens with zero attached hydrogens (tertiary/aromatic N) is 1. The Hall–Kier alpha value is -3.27. The van der Waals surface area contributed by atoms with Crippen molar-refractivity contribution in [3.63, 3.8) is 0 Å². The number of para-hydroxylation sites is 1. The fraction of sp³-hybridized carbons (Fsp3) is 0.211. The SMILES string of the molecule is COc1cc(C(=O)NCC(=O)NCc2nc3ccccc3s2)ccc1OC(F)F. The number of nitrogens with one attached hydrogen (secondary N) is 2. The van der Waals surface area contributed by atoms with Crippen molar-refractivity contribution in [1.29, 1.82) is 0 Å². The van der Waals surface area contributed by atoms with Crippen molar-refractivity contribution in [2.24, 2.45) is 0 Å². The van der Waals surface area contributed by atoms with E-state index in [-0.39, 0.29) is 36.1 Å². The molecule has 0 unspecified atom stereocenters. The van der Waals surface area contributed by atoms with Gasteiger partial charge in [0.25, 0.3) is 5.91 Å². The monoisotopic (exact) mass is 421 g/mol. The molecule has 0 atom stereocenters. The minimum atomic E-state index is -3.01. The van der Waals surface area contributed by atoms with Gasteiger partial charge in [0.05, 0.1) is 30.4 Å².